The first-order valence-corrected chi connectivity index (χ1v) is 5.99. The molecule has 2 heterocycles. The van der Waals surface area contributed by atoms with Crippen molar-refractivity contribution in [1.29, 1.82) is 0 Å². The molecule has 0 radical (unpaired) electrons. The second-order valence-corrected chi connectivity index (χ2v) is 4.28. The molecule has 7 nitrogen and oxygen atoms in total. The zero-order chi connectivity index (χ0) is 14.7. The number of amides is 1. The minimum Gasteiger partial charge on any atom is -0.464 e. The molecule has 2 N–H and O–H groups in total. The first-order chi connectivity index (χ1) is 9.54. The summed E-state index contributed by atoms with van der Waals surface area (Å²) in [6.45, 7) is 3.65. The first-order valence-electron chi connectivity index (χ1n) is 5.99. The number of aromatic nitrogens is 2. The van der Waals surface area contributed by atoms with Gasteiger partial charge < -0.3 is 19.6 Å². The summed E-state index contributed by atoms with van der Waals surface area (Å²) in [5.74, 6) is -0.236. The Hall–Kier alpha value is -2.57. The number of ether oxygens (including phenoxy) is 1. The second kappa shape index (κ2) is 5.60. The Labute approximate surface area is 115 Å². The van der Waals surface area contributed by atoms with Crippen molar-refractivity contribution in [2.45, 2.75) is 20.4 Å². The van der Waals surface area contributed by atoms with Gasteiger partial charge >= 0.3 is 5.97 Å². The number of aromatic amines is 1. The van der Waals surface area contributed by atoms with E-state index >= 15 is 0 Å². The molecule has 0 aliphatic carbocycles. The molecule has 2 rings (SSSR count). The van der Waals surface area contributed by atoms with Crippen molar-refractivity contribution >= 4 is 11.9 Å². The largest absolute Gasteiger partial charge is 0.464 e. The molecule has 0 saturated carbocycles. The molecule has 2 aromatic rings. The van der Waals surface area contributed by atoms with Crippen molar-refractivity contribution in [3.8, 4) is 0 Å². The molecule has 7 heteroatoms. The number of hydrogen-bond acceptors (Lipinski definition) is 5. The standard InChI is InChI=1S/C13H15N3O4/c1-7-10(8(2)16-11(7)13(18)19-3)12(17)14-6-9-4-5-15-20-9/h4-5,16H,6H2,1-3H3,(H,14,17). The SMILES string of the molecule is COC(=O)c1[nH]c(C)c(C(=O)NCc2ccno2)c1C. The van der Waals surface area contributed by atoms with Gasteiger partial charge in [-0.05, 0) is 19.4 Å². The molecule has 0 aliphatic heterocycles. The third-order valence-electron chi connectivity index (χ3n) is 2.97. The summed E-state index contributed by atoms with van der Waals surface area (Å²) in [4.78, 5) is 26.6. The van der Waals surface area contributed by atoms with Gasteiger partial charge in [0.05, 0.1) is 25.4 Å². The summed E-state index contributed by atoms with van der Waals surface area (Å²) in [5, 5.41) is 6.26. The maximum Gasteiger partial charge on any atom is 0.354 e. The molecule has 0 spiro atoms. The van der Waals surface area contributed by atoms with Gasteiger partial charge in [0, 0.05) is 11.8 Å². The lowest BCUT2D eigenvalue weighted by Crippen LogP contribution is -2.23. The van der Waals surface area contributed by atoms with Crippen LogP contribution >= 0.6 is 0 Å². The van der Waals surface area contributed by atoms with Crippen LogP contribution in [0.4, 0.5) is 0 Å². The highest BCUT2D eigenvalue weighted by Gasteiger charge is 2.22. The molecular weight excluding hydrogens is 262 g/mol. The predicted octanol–water partition coefficient (Wildman–Crippen LogP) is 1.34. The van der Waals surface area contributed by atoms with Crippen LogP contribution < -0.4 is 5.32 Å². The fraction of sp³-hybridized carbons (Fsp3) is 0.308. The second-order valence-electron chi connectivity index (χ2n) is 4.28. The van der Waals surface area contributed by atoms with Crippen molar-refractivity contribution in [2.75, 3.05) is 7.11 Å². The third-order valence-corrected chi connectivity index (χ3v) is 2.97. The summed E-state index contributed by atoms with van der Waals surface area (Å²) in [7, 11) is 1.29. The Morgan fingerprint density at radius 2 is 2.20 bits per heavy atom. The fourth-order valence-electron chi connectivity index (χ4n) is 1.99. The molecule has 1 amide bonds. The number of methoxy groups -OCH3 is 1. The van der Waals surface area contributed by atoms with Crippen LogP contribution in [0.5, 0.6) is 0 Å². The van der Waals surface area contributed by atoms with Crippen LogP contribution in [-0.2, 0) is 11.3 Å². The normalized spacial score (nSPS) is 10.3. The van der Waals surface area contributed by atoms with Crippen LogP contribution in [0.3, 0.4) is 0 Å². The minimum absolute atomic E-state index is 0.233. The van der Waals surface area contributed by atoms with Crippen LogP contribution in [0.15, 0.2) is 16.8 Å². The number of esters is 1. The topological polar surface area (TPSA) is 97.2 Å². The van der Waals surface area contributed by atoms with Gasteiger partial charge in [-0.1, -0.05) is 5.16 Å². The Kier molecular flexibility index (Phi) is 3.88. The molecule has 0 bridgehead atoms. The number of carbonyl (C=O) groups is 2. The van der Waals surface area contributed by atoms with Crippen molar-refractivity contribution < 1.29 is 18.8 Å². The molecule has 0 aliphatic rings. The minimum atomic E-state index is -0.500. The van der Waals surface area contributed by atoms with Gasteiger partial charge in [0.15, 0.2) is 5.76 Å². The quantitative estimate of drug-likeness (QED) is 0.822. The maximum atomic E-state index is 12.2. The summed E-state index contributed by atoms with van der Waals surface area (Å²) in [6.07, 6.45) is 1.50. The van der Waals surface area contributed by atoms with E-state index in [9.17, 15) is 9.59 Å². The Balaban J connectivity index is 2.17. The smallest absolute Gasteiger partial charge is 0.354 e. The number of aryl methyl sites for hydroxylation is 1. The maximum absolute atomic E-state index is 12.2. The Morgan fingerprint density at radius 3 is 2.80 bits per heavy atom. The van der Waals surface area contributed by atoms with Gasteiger partial charge in [-0.25, -0.2) is 4.79 Å². The Morgan fingerprint density at radius 1 is 1.45 bits per heavy atom. The zero-order valence-electron chi connectivity index (χ0n) is 11.4. The first kappa shape index (κ1) is 13.9. The number of carbonyl (C=O) groups excluding carboxylic acids is 2. The molecule has 106 valence electrons. The monoisotopic (exact) mass is 277 g/mol. The summed E-state index contributed by atoms with van der Waals surface area (Å²) in [6, 6.07) is 1.66. The molecular formula is C13H15N3O4. The van der Waals surface area contributed by atoms with Gasteiger partial charge in [-0.2, -0.15) is 0 Å². The van der Waals surface area contributed by atoms with Crippen molar-refractivity contribution in [3.63, 3.8) is 0 Å². The van der Waals surface area contributed by atoms with E-state index in [-0.39, 0.29) is 18.1 Å². The van der Waals surface area contributed by atoms with Crippen LogP contribution in [0.25, 0.3) is 0 Å². The molecule has 2 aromatic heterocycles. The molecule has 0 fully saturated rings. The van der Waals surface area contributed by atoms with E-state index in [0.717, 1.165) is 0 Å². The molecule has 0 aromatic carbocycles. The van der Waals surface area contributed by atoms with Gasteiger partial charge in [-0.15, -0.1) is 0 Å². The number of H-pyrrole nitrogens is 1. The average molecular weight is 277 g/mol. The summed E-state index contributed by atoms with van der Waals surface area (Å²) >= 11 is 0. The van der Waals surface area contributed by atoms with Crippen molar-refractivity contribution in [2.24, 2.45) is 0 Å². The lowest BCUT2D eigenvalue weighted by Gasteiger charge is -2.04. The lowest BCUT2D eigenvalue weighted by atomic mass is 10.1. The summed E-state index contributed by atoms with van der Waals surface area (Å²) < 4.78 is 9.55. The van der Waals surface area contributed by atoms with Crippen LogP contribution in [-0.4, -0.2) is 29.1 Å². The third kappa shape index (κ3) is 2.56. The highest BCUT2D eigenvalue weighted by Crippen LogP contribution is 2.18. The molecule has 0 unspecified atom stereocenters. The van der Waals surface area contributed by atoms with E-state index in [2.05, 4.69) is 20.2 Å². The highest BCUT2D eigenvalue weighted by atomic mass is 16.5. The van der Waals surface area contributed by atoms with Crippen LogP contribution in [0, 0.1) is 13.8 Å². The van der Waals surface area contributed by atoms with Gasteiger partial charge in [-0.3, -0.25) is 4.79 Å². The van der Waals surface area contributed by atoms with Crippen LogP contribution in [0.1, 0.15) is 37.9 Å². The van der Waals surface area contributed by atoms with E-state index in [1.165, 1.54) is 13.3 Å². The van der Waals surface area contributed by atoms with Crippen LogP contribution in [0.2, 0.25) is 0 Å². The van der Waals surface area contributed by atoms with E-state index in [1.807, 2.05) is 0 Å². The number of nitrogens with one attached hydrogen (secondary N) is 2. The average Bonchev–Trinajstić information content (AvgIpc) is 3.03. The van der Waals surface area contributed by atoms with Gasteiger partial charge in [0.25, 0.3) is 5.91 Å². The summed E-state index contributed by atoms with van der Waals surface area (Å²) in [5.41, 5.74) is 1.89. The molecule has 20 heavy (non-hydrogen) atoms. The fourth-order valence-corrected chi connectivity index (χ4v) is 1.99. The van der Waals surface area contributed by atoms with Crippen molar-refractivity contribution in [3.05, 3.63) is 40.5 Å². The van der Waals surface area contributed by atoms with E-state index in [1.54, 1.807) is 19.9 Å². The molecule has 0 atom stereocenters. The lowest BCUT2D eigenvalue weighted by molar-refractivity contribution is 0.0594. The van der Waals surface area contributed by atoms with E-state index in [0.29, 0.717) is 22.6 Å². The van der Waals surface area contributed by atoms with E-state index in [4.69, 9.17) is 4.52 Å². The van der Waals surface area contributed by atoms with Gasteiger partial charge in [0.1, 0.15) is 5.69 Å². The highest BCUT2D eigenvalue weighted by molar-refractivity contribution is 6.01. The predicted molar refractivity (Wildman–Crippen MR) is 69.3 cm³/mol. The number of hydrogen-bond donors (Lipinski definition) is 2. The van der Waals surface area contributed by atoms with Gasteiger partial charge in [0.2, 0.25) is 0 Å². The number of rotatable bonds is 4. The Bertz CT molecular complexity index is 628. The molecule has 0 saturated heterocycles. The number of nitrogens with zero attached hydrogens (tertiary/aromatic N) is 1. The van der Waals surface area contributed by atoms with E-state index < -0.39 is 5.97 Å². The van der Waals surface area contributed by atoms with Crippen molar-refractivity contribution in [1.82, 2.24) is 15.5 Å². The zero-order valence-corrected chi connectivity index (χ0v) is 11.4.